The summed E-state index contributed by atoms with van der Waals surface area (Å²) >= 11 is 1.50. The molecule has 0 saturated carbocycles. The van der Waals surface area contributed by atoms with Crippen LogP contribution in [0.3, 0.4) is 0 Å². The van der Waals surface area contributed by atoms with E-state index in [0.717, 1.165) is 5.56 Å². The second kappa shape index (κ2) is 14.4. The Hall–Kier alpha value is -3.12. The third-order valence-corrected chi connectivity index (χ3v) is 6.64. The summed E-state index contributed by atoms with van der Waals surface area (Å²) in [6.45, 7) is 0.306. The number of hydrogen-bond donors (Lipinski definition) is 5. The van der Waals surface area contributed by atoms with Crippen molar-refractivity contribution >= 4 is 41.4 Å². The summed E-state index contributed by atoms with van der Waals surface area (Å²) in [5.74, 6) is -2.76. The molecule has 4 atom stereocenters. The fourth-order valence-corrected chi connectivity index (χ4v) is 4.49. The Morgan fingerprint density at radius 1 is 1.08 bits per heavy atom. The van der Waals surface area contributed by atoms with Crippen LogP contribution in [0.4, 0.5) is 0 Å². The lowest BCUT2D eigenvalue weighted by molar-refractivity contribution is -0.149. The van der Waals surface area contributed by atoms with Crippen molar-refractivity contribution in [2.75, 3.05) is 18.6 Å². The van der Waals surface area contributed by atoms with E-state index in [-0.39, 0.29) is 19.3 Å². The van der Waals surface area contributed by atoms with E-state index < -0.39 is 53.8 Å². The number of thioether (sulfide) groups is 1. The minimum absolute atomic E-state index is 0.0290. The smallest absolute Gasteiger partial charge is 0.326 e. The molecule has 1 aromatic carbocycles. The summed E-state index contributed by atoms with van der Waals surface area (Å²) in [6.07, 6.45) is 3.20. The number of amides is 4. The van der Waals surface area contributed by atoms with Crippen LogP contribution in [-0.2, 0) is 30.4 Å². The summed E-state index contributed by atoms with van der Waals surface area (Å²) in [7, 11) is 0. The predicted octanol–water partition coefficient (Wildman–Crippen LogP) is -0.380. The molecule has 12 heteroatoms. The molecule has 2 rings (SSSR count). The van der Waals surface area contributed by atoms with Crippen LogP contribution in [0.1, 0.15) is 37.7 Å². The topological polar surface area (TPSA) is 185 Å². The average Bonchev–Trinajstić information content (AvgIpc) is 3.35. The quantitative estimate of drug-likeness (QED) is 0.219. The molecule has 0 aromatic heterocycles. The number of primary amides is 1. The molecule has 0 spiro atoms. The van der Waals surface area contributed by atoms with E-state index in [1.54, 1.807) is 24.3 Å². The van der Waals surface area contributed by atoms with Crippen molar-refractivity contribution in [3.63, 3.8) is 0 Å². The van der Waals surface area contributed by atoms with Gasteiger partial charge in [-0.05, 0) is 43.3 Å². The van der Waals surface area contributed by atoms with Crippen LogP contribution in [0.15, 0.2) is 30.3 Å². The van der Waals surface area contributed by atoms with Crippen molar-refractivity contribution in [2.45, 2.75) is 62.7 Å². The molecule has 1 aromatic rings. The molecule has 1 fully saturated rings. The number of nitrogens with two attached hydrogens (primary N) is 2. The number of carbonyl (C=O) groups is 5. The monoisotopic (exact) mass is 521 g/mol. The molecule has 1 heterocycles. The van der Waals surface area contributed by atoms with Gasteiger partial charge in [0.25, 0.3) is 0 Å². The lowest BCUT2D eigenvalue weighted by Crippen LogP contribution is -2.57. The van der Waals surface area contributed by atoms with Crippen molar-refractivity contribution < 1.29 is 29.1 Å². The Morgan fingerprint density at radius 3 is 2.36 bits per heavy atom. The third-order valence-electron chi connectivity index (χ3n) is 6.00. The highest BCUT2D eigenvalue weighted by atomic mass is 32.2. The first-order valence-corrected chi connectivity index (χ1v) is 13.2. The molecule has 11 nitrogen and oxygen atoms in total. The number of hydrogen-bond acceptors (Lipinski definition) is 7. The number of likely N-dealkylation sites (tertiary alicyclic amines) is 1. The second-order valence-electron chi connectivity index (χ2n) is 8.73. The molecular weight excluding hydrogens is 486 g/mol. The van der Waals surface area contributed by atoms with Gasteiger partial charge in [0.1, 0.15) is 18.1 Å². The van der Waals surface area contributed by atoms with Crippen molar-refractivity contribution in [2.24, 2.45) is 11.5 Å². The van der Waals surface area contributed by atoms with E-state index in [1.165, 1.54) is 16.7 Å². The summed E-state index contributed by atoms with van der Waals surface area (Å²) in [5, 5.41) is 14.9. The number of carboxylic acid groups (broad SMARTS) is 1. The molecule has 1 aliphatic rings. The molecule has 1 saturated heterocycles. The summed E-state index contributed by atoms with van der Waals surface area (Å²) in [5.41, 5.74) is 11.8. The lowest BCUT2D eigenvalue weighted by atomic mass is 10.0. The van der Waals surface area contributed by atoms with Crippen LogP contribution in [0, 0.1) is 0 Å². The van der Waals surface area contributed by atoms with Crippen molar-refractivity contribution in [3.8, 4) is 0 Å². The number of nitrogens with one attached hydrogen (secondary N) is 2. The van der Waals surface area contributed by atoms with E-state index in [1.807, 2.05) is 12.3 Å². The average molecular weight is 522 g/mol. The summed E-state index contributed by atoms with van der Waals surface area (Å²) in [4.78, 5) is 63.2. The molecule has 36 heavy (non-hydrogen) atoms. The van der Waals surface area contributed by atoms with Crippen LogP contribution < -0.4 is 22.1 Å². The zero-order valence-electron chi connectivity index (χ0n) is 20.4. The van der Waals surface area contributed by atoms with Crippen molar-refractivity contribution in [3.05, 3.63) is 35.9 Å². The first-order valence-electron chi connectivity index (χ1n) is 11.8. The van der Waals surface area contributed by atoms with Gasteiger partial charge in [-0.15, -0.1) is 0 Å². The maximum absolute atomic E-state index is 13.3. The number of aliphatic carboxylic acids is 1. The molecule has 1 aliphatic heterocycles. The van der Waals surface area contributed by atoms with Crippen molar-refractivity contribution in [1.82, 2.24) is 15.5 Å². The Kier molecular flexibility index (Phi) is 11.7. The number of benzene rings is 1. The maximum Gasteiger partial charge on any atom is 0.326 e. The molecule has 4 unspecified atom stereocenters. The standard InChI is InChI=1S/C24H35N5O6S/c1-36-13-11-17(23(33)29-12-5-8-19(29)24(34)35)27-22(32)18(14-15-6-3-2-4-7-15)28-21(31)16(25)9-10-20(26)30/h2-4,6-7,16-19H,5,8-14,25H2,1H3,(H2,26,30)(H,27,32)(H,28,31)(H,34,35). The number of rotatable bonds is 14. The Bertz CT molecular complexity index is 931. The fourth-order valence-electron chi connectivity index (χ4n) is 4.02. The molecule has 0 radical (unpaired) electrons. The van der Waals surface area contributed by atoms with E-state index >= 15 is 0 Å². The minimum Gasteiger partial charge on any atom is -0.480 e. The highest BCUT2D eigenvalue weighted by Crippen LogP contribution is 2.20. The Labute approximate surface area is 214 Å². The molecule has 0 aliphatic carbocycles. The van der Waals surface area contributed by atoms with Crippen LogP contribution in [0.25, 0.3) is 0 Å². The third kappa shape index (κ3) is 8.83. The first-order chi connectivity index (χ1) is 17.1. The Balaban J connectivity index is 2.20. The molecular formula is C24H35N5O6S. The summed E-state index contributed by atoms with van der Waals surface area (Å²) in [6, 6.07) is 5.08. The highest BCUT2D eigenvalue weighted by molar-refractivity contribution is 7.98. The number of carbonyl (C=O) groups excluding carboxylic acids is 4. The Morgan fingerprint density at radius 2 is 1.75 bits per heavy atom. The lowest BCUT2D eigenvalue weighted by Gasteiger charge is -2.29. The van der Waals surface area contributed by atoms with Gasteiger partial charge in [-0.25, -0.2) is 4.79 Å². The van der Waals surface area contributed by atoms with E-state index in [2.05, 4.69) is 10.6 Å². The molecule has 7 N–H and O–H groups in total. The normalized spacial score (nSPS) is 17.6. The van der Waals surface area contributed by atoms with Gasteiger partial charge in [0.15, 0.2) is 0 Å². The summed E-state index contributed by atoms with van der Waals surface area (Å²) < 4.78 is 0. The highest BCUT2D eigenvalue weighted by Gasteiger charge is 2.38. The van der Waals surface area contributed by atoms with Crippen LogP contribution in [0.5, 0.6) is 0 Å². The zero-order chi connectivity index (χ0) is 26.7. The van der Waals surface area contributed by atoms with Crippen LogP contribution >= 0.6 is 11.8 Å². The maximum atomic E-state index is 13.3. The van der Waals surface area contributed by atoms with Gasteiger partial charge in [-0.3, -0.25) is 19.2 Å². The SMILES string of the molecule is CSCCC(NC(=O)C(Cc1ccccc1)NC(=O)C(N)CCC(N)=O)C(=O)N1CCCC1C(=O)O. The zero-order valence-corrected chi connectivity index (χ0v) is 21.2. The molecule has 4 amide bonds. The molecule has 0 bridgehead atoms. The fraction of sp³-hybridized carbons (Fsp3) is 0.542. The van der Waals surface area contributed by atoms with Gasteiger partial charge in [-0.1, -0.05) is 30.3 Å². The number of nitrogens with zero attached hydrogens (tertiary/aromatic N) is 1. The van der Waals surface area contributed by atoms with Crippen molar-refractivity contribution in [1.29, 1.82) is 0 Å². The van der Waals surface area contributed by atoms with Gasteiger partial charge in [0.2, 0.25) is 23.6 Å². The van der Waals surface area contributed by atoms with Gasteiger partial charge in [0.05, 0.1) is 6.04 Å². The number of carboxylic acids is 1. The molecule has 198 valence electrons. The van der Waals surface area contributed by atoms with Crippen LogP contribution in [0.2, 0.25) is 0 Å². The van der Waals surface area contributed by atoms with Gasteiger partial charge in [-0.2, -0.15) is 11.8 Å². The largest absolute Gasteiger partial charge is 0.480 e. The van der Waals surface area contributed by atoms with Gasteiger partial charge >= 0.3 is 5.97 Å². The van der Waals surface area contributed by atoms with E-state index in [9.17, 15) is 29.1 Å². The predicted molar refractivity (Wildman–Crippen MR) is 136 cm³/mol. The first kappa shape index (κ1) is 29.1. The van der Waals surface area contributed by atoms with E-state index in [4.69, 9.17) is 11.5 Å². The van der Waals surface area contributed by atoms with E-state index in [0.29, 0.717) is 31.6 Å². The van der Waals surface area contributed by atoms with Crippen LogP contribution in [-0.4, -0.2) is 82.3 Å². The minimum atomic E-state index is -1.07. The van der Waals surface area contributed by atoms with Gasteiger partial charge in [0, 0.05) is 19.4 Å². The second-order valence-corrected chi connectivity index (χ2v) is 9.72. The van der Waals surface area contributed by atoms with Gasteiger partial charge < -0.3 is 32.1 Å².